The van der Waals surface area contributed by atoms with Crippen LogP contribution in [0, 0.1) is 6.92 Å². The lowest BCUT2D eigenvalue weighted by atomic mass is 10.0. The summed E-state index contributed by atoms with van der Waals surface area (Å²) in [4.78, 5) is 23.4. The van der Waals surface area contributed by atoms with E-state index in [0.29, 0.717) is 0 Å². The molecule has 34 heavy (non-hydrogen) atoms. The number of aryl methyl sites for hydroxylation is 2. The number of hydrogen-bond acceptors (Lipinski definition) is 5. The minimum Gasteiger partial charge on any atom is -0.497 e. The minimum absolute atomic E-state index is 0.256. The average molecular weight is 460 g/mol. The summed E-state index contributed by atoms with van der Waals surface area (Å²) in [6, 6.07) is 16.5. The fourth-order valence-corrected chi connectivity index (χ4v) is 4.44. The van der Waals surface area contributed by atoms with Crippen molar-refractivity contribution in [2.75, 3.05) is 25.1 Å². The largest absolute Gasteiger partial charge is 0.497 e. The molecule has 0 amide bonds. The molecule has 0 unspecified atom stereocenters. The second-order valence-corrected chi connectivity index (χ2v) is 8.93. The smallest absolute Gasteiger partial charge is 0.303 e. The molecule has 1 aromatic heterocycles. The average Bonchev–Trinajstić information content (AvgIpc) is 2.86. The van der Waals surface area contributed by atoms with Crippen LogP contribution in [0.25, 0.3) is 22.5 Å². The number of aliphatic carboxylic acids is 1. The van der Waals surface area contributed by atoms with Crippen molar-refractivity contribution in [2.24, 2.45) is 0 Å². The predicted octanol–water partition coefficient (Wildman–Crippen LogP) is 5.92. The Morgan fingerprint density at radius 1 is 0.941 bits per heavy atom. The highest BCUT2D eigenvalue weighted by Gasteiger charge is 2.23. The van der Waals surface area contributed by atoms with E-state index in [-0.39, 0.29) is 6.42 Å². The van der Waals surface area contributed by atoms with Crippen molar-refractivity contribution in [3.8, 4) is 28.3 Å². The van der Waals surface area contributed by atoms with E-state index in [9.17, 15) is 4.79 Å². The van der Waals surface area contributed by atoms with E-state index < -0.39 is 5.97 Å². The number of carbonyl (C=O) groups is 1. The number of unbranched alkanes of at least 4 members (excludes halogenated alkanes) is 3. The number of fused-ring (bicyclic) bond motifs is 1. The summed E-state index contributed by atoms with van der Waals surface area (Å²) < 4.78 is 5.34. The molecule has 0 spiro atoms. The van der Waals surface area contributed by atoms with Gasteiger partial charge in [0.25, 0.3) is 0 Å². The molecule has 6 heteroatoms. The van der Waals surface area contributed by atoms with Crippen molar-refractivity contribution in [1.29, 1.82) is 0 Å². The van der Waals surface area contributed by atoms with Crippen LogP contribution in [0.3, 0.4) is 0 Å². The molecular formula is C28H33N3O3. The summed E-state index contributed by atoms with van der Waals surface area (Å²) in [6.45, 7) is 3.99. The number of nitrogens with zero attached hydrogens (tertiary/aromatic N) is 3. The van der Waals surface area contributed by atoms with Gasteiger partial charge in [0.1, 0.15) is 5.75 Å². The second-order valence-electron chi connectivity index (χ2n) is 8.93. The highest BCUT2D eigenvalue weighted by Crippen LogP contribution is 2.35. The van der Waals surface area contributed by atoms with Gasteiger partial charge in [-0.25, -0.2) is 9.97 Å². The van der Waals surface area contributed by atoms with Gasteiger partial charge in [-0.05, 0) is 56.9 Å². The molecule has 0 radical (unpaired) electrons. The lowest BCUT2D eigenvalue weighted by Crippen LogP contribution is -2.32. The van der Waals surface area contributed by atoms with Crippen LogP contribution in [0.5, 0.6) is 5.75 Å². The maximum absolute atomic E-state index is 10.7. The number of aromatic nitrogens is 2. The first-order valence-corrected chi connectivity index (χ1v) is 12.1. The molecule has 1 N–H and O–H groups in total. The van der Waals surface area contributed by atoms with Crippen molar-refractivity contribution < 1.29 is 14.6 Å². The number of ether oxygens (including phenoxy) is 1. The van der Waals surface area contributed by atoms with E-state index in [2.05, 4.69) is 36.1 Å². The van der Waals surface area contributed by atoms with Crippen molar-refractivity contribution in [2.45, 2.75) is 51.9 Å². The summed E-state index contributed by atoms with van der Waals surface area (Å²) in [5, 5.41) is 8.82. The Bertz CT molecular complexity index is 1110. The molecule has 178 valence electrons. The topological polar surface area (TPSA) is 75.6 Å². The molecule has 2 aromatic carbocycles. The van der Waals surface area contributed by atoms with Gasteiger partial charge in [-0.15, -0.1) is 0 Å². The quantitative estimate of drug-likeness (QED) is 0.380. The highest BCUT2D eigenvalue weighted by atomic mass is 16.5. The number of carboxylic acid groups (broad SMARTS) is 1. The molecule has 0 bridgehead atoms. The van der Waals surface area contributed by atoms with Gasteiger partial charge in [0, 0.05) is 30.6 Å². The highest BCUT2D eigenvalue weighted by molar-refractivity contribution is 5.80. The third-order valence-electron chi connectivity index (χ3n) is 6.35. The maximum atomic E-state index is 10.7. The lowest BCUT2D eigenvalue weighted by molar-refractivity contribution is -0.137. The molecule has 4 rings (SSSR count). The van der Waals surface area contributed by atoms with Gasteiger partial charge < -0.3 is 14.7 Å². The van der Waals surface area contributed by atoms with Crippen LogP contribution in [0.15, 0.2) is 48.5 Å². The molecule has 6 nitrogen and oxygen atoms in total. The summed E-state index contributed by atoms with van der Waals surface area (Å²) >= 11 is 0. The Morgan fingerprint density at radius 2 is 1.59 bits per heavy atom. The van der Waals surface area contributed by atoms with Crippen molar-refractivity contribution in [3.05, 3.63) is 59.8 Å². The fourth-order valence-electron chi connectivity index (χ4n) is 4.44. The molecule has 0 saturated carbocycles. The van der Waals surface area contributed by atoms with Crippen LogP contribution < -0.4 is 9.64 Å². The Balaban J connectivity index is 1.62. The van der Waals surface area contributed by atoms with E-state index in [4.69, 9.17) is 19.8 Å². The third kappa shape index (κ3) is 5.74. The SMILES string of the molecule is COc1ccc(-c2nc3c(nc2-c2ccc(C)cc2)N(CCCCCCC(=O)O)CCC3)cc1. The van der Waals surface area contributed by atoms with E-state index >= 15 is 0 Å². The summed E-state index contributed by atoms with van der Waals surface area (Å²) in [7, 11) is 1.67. The van der Waals surface area contributed by atoms with Crippen LogP contribution in [-0.4, -0.2) is 41.2 Å². The van der Waals surface area contributed by atoms with Gasteiger partial charge in [-0.1, -0.05) is 42.7 Å². The van der Waals surface area contributed by atoms with Gasteiger partial charge in [0.15, 0.2) is 5.82 Å². The summed E-state index contributed by atoms with van der Waals surface area (Å²) in [6.07, 6.45) is 5.99. The number of hydrogen-bond donors (Lipinski definition) is 1. The Kier molecular flexibility index (Phi) is 7.78. The minimum atomic E-state index is -0.712. The van der Waals surface area contributed by atoms with E-state index in [0.717, 1.165) is 91.4 Å². The van der Waals surface area contributed by atoms with Crippen LogP contribution >= 0.6 is 0 Å². The zero-order chi connectivity index (χ0) is 23.9. The Hall–Kier alpha value is -3.41. The van der Waals surface area contributed by atoms with E-state index in [1.54, 1.807) is 7.11 Å². The maximum Gasteiger partial charge on any atom is 0.303 e. The van der Waals surface area contributed by atoms with Gasteiger partial charge in [0.05, 0.1) is 24.2 Å². The molecule has 3 aromatic rings. The molecule has 1 aliphatic rings. The second kappa shape index (κ2) is 11.1. The van der Waals surface area contributed by atoms with Crippen molar-refractivity contribution in [1.82, 2.24) is 9.97 Å². The van der Waals surface area contributed by atoms with Crippen LogP contribution in [0.4, 0.5) is 5.82 Å². The van der Waals surface area contributed by atoms with Gasteiger partial charge in [-0.3, -0.25) is 4.79 Å². The monoisotopic (exact) mass is 459 g/mol. The number of rotatable bonds is 10. The third-order valence-corrected chi connectivity index (χ3v) is 6.35. The zero-order valence-electron chi connectivity index (χ0n) is 20.1. The number of carboxylic acids is 1. The molecule has 0 atom stereocenters. The molecule has 0 aliphatic carbocycles. The number of methoxy groups -OCH3 is 1. The van der Waals surface area contributed by atoms with Gasteiger partial charge in [0.2, 0.25) is 0 Å². The molecule has 0 saturated heterocycles. The van der Waals surface area contributed by atoms with Gasteiger partial charge >= 0.3 is 5.97 Å². The molecule has 0 fully saturated rings. The Labute approximate surface area is 201 Å². The standard InChI is InChI=1S/C28H33N3O3/c1-20-10-12-21(13-11-20)27-26(22-14-16-23(34-2)17-15-22)29-24-8-7-19-31(28(24)30-27)18-6-4-3-5-9-25(32)33/h10-17H,3-9,18-19H2,1-2H3,(H,32,33). The van der Waals surface area contributed by atoms with Crippen LogP contribution in [0.2, 0.25) is 0 Å². The van der Waals surface area contributed by atoms with Crippen LogP contribution in [0.1, 0.15) is 49.8 Å². The normalized spacial score (nSPS) is 12.9. The number of benzene rings is 2. The molecule has 2 heterocycles. The predicted molar refractivity (Wildman–Crippen MR) is 135 cm³/mol. The molecular weight excluding hydrogens is 426 g/mol. The van der Waals surface area contributed by atoms with Gasteiger partial charge in [-0.2, -0.15) is 0 Å². The first-order chi connectivity index (χ1) is 16.5. The zero-order valence-corrected chi connectivity index (χ0v) is 20.1. The fraction of sp³-hybridized carbons (Fsp3) is 0.393. The number of anilines is 1. The summed E-state index contributed by atoms with van der Waals surface area (Å²) in [5.74, 6) is 1.10. The lowest BCUT2D eigenvalue weighted by Gasteiger charge is -2.30. The summed E-state index contributed by atoms with van der Waals surface area (Å²) in [5.41, 5.74) is 6.16. The van der Waals surface area contributed by atoms with E-state index in [1.807, 2.05) is 24.3 Å². The van der Waals surface area contributed by atoms with Crippen LogP contribution in [-0.2, 0) is 11.2 Å². The Morgan fingerprint density at radius 3 is 2.26 bits per heavy atom. The first-order valence-electron chi connectivity index (χ1n) is 12.1. The first kappa shape index (κ1) is 23.7. The van der Waals surface area contributed by atoms with Crippen molar-refractivity contribution >= 4 is 11.8 Å². The molecule has 1 aliphatic heterocycles. The van der Waals surface area contributed by atoms with Crippen molar-refractivity contribution in [3.63, 3.8) is 0 Å². The van der Waals surface area contributed by atoms with E-state index in [1.165, 1.54) is 5.56 Å².